The van der Waals surface area contributed by atoms with Crippen LogP contribution in [-0.2, 0) is 4.43 Å². The Morgan fingerprint density at radius 2 is 1.14 bits per heavy atom. The number of unbranched alkanes of at least 4 members (excludes halogenated alkanes) is 9. The molecular formula is C19H42OSi. The van der Waals surface area contributed by atoms with Gasteiger partial charge in [0.1, 0.15) is 0 Å². The molecular weight excluding hydrogens is 272 g/mol. The Kier molecular flexibility index (Phi) is 13.9. The third-order valence-corrected chi connectivity index (χ3v) is 6.97. The van der Waals surface area contributed by atoms with Crippen LogP contribution in [0.4, 0.5) is 0 Å². The lowest BCUT2D eigenvalue weighted by molar-refractivity contribution is 0.327. The van der Waals surface area contributed by atoms with Crippen LogP contribution in [0, 0.1) is 5.92 Å². The van der Waals surface area contributed by atoms with Gasteiger partial charge in [0.15, 0.2) is 8.32 Å². The van der Waals surface area contributed by atoms with Crippen molar-refractivity contribution in [1.29, 1.82) is 0 Å². The molecule has 0 unspecified atom stereocenters. The van der Waals surface area contributed by atoms with E-state index in [1.165, 1.54) is 76.7 Å². The molecule has 0 rings (SSSR count). The Morgan fingerprint density at radius 1 is 0.714 bits per heavy atom. The van der Waals surface area contributed by atoms with Crippen molar-refractivity contribution in [3.8, 4) is 0 Å². The van der Waals surface area contributed by atoms with Gasteiger partial charge in [-0.15, -0.1) is 0 Å². The van der Waals surface area contributed by atoms with E-state index in [0.717, 1.165) is 12.5 Å². The minimum atomic E-state index is -1.31. The van der Waals surface area contributed by atoms with Crippen molar-refractivity contribution in [2.75, 3.05) is 6.61 Å². The highest BCUT2D eigenvalue weighted by Gasteiger charge is 2.20. The normalized spacial score (nSPS) is 12.3. The van der Waals surface area contributed by atoms with Gasteiger partial charge in [0.05, 0.1) is 0 Å². The molecule has 0 atom stereocenters. The van der Waals surface area contributed by atoms with Crippen molar-refractivity contribution in [1.82, 2.24) is 0 Å². The van der Waals surface area contributed by atoms with Gasteiger partial charge >= 0.3 is 0 Å². The lowest BCUT2D eigenvalue weighted by Crippen LogP contribution is -2.29. The topological polar surface area (TPSA) is 9.23 Å². The first-order chi connectivity index (χ1) is 9.98. The first-order valence-corrected chi connectivity index (χ1v) is 12.7. The van der Waals surface area contributed by atoms with Crippen LogP contribution in [-0.4, -0.2) is 14.9 Å². The SMILES string of the molecule is CCO[Si](C)(C)CCCCCCCCCCCCC(C)C. The van der Waals surface area contributed by atoms with Crippen molar-refractivity contribution < 1.29 is 4.43 Å². The van der Waals surface area contributed by atoms with Gasteiger partial charge in [0.2, 0.25) is 0 Å². The Labute approximate surface area is 136 Å². The second kappa shape index (κ2) is 13.8. The minimum Gasteiger partial charge on any atom is -0.418 e. The molecule has 2 heteroatoms. The molecule has 0 aromatic rings. The molecule has 128 valence electrons. The lowest BCUT2D eigenvalue weighted by atomic mass is 10.0. The molecule has 0 aromatic heterocycles. The highest BCUT2D eigenvalue weighted by Crippen LogP contribution is 2.18. The largest absolute Gasteiger partial charge is 0.418 e. The summed E-state index contributed by atoms with van der Waals surface area (Å²) in [6, 6.07) is 1.34. The molecule has 0 bridgehead atoms. The second-order valence-corrected chi connectivity index (χ2v) is 12.0. The lowest BCUT2D eigenvalue weighted by Gasteiger charge is -2.21. The number of hydrogen-bond acceptors (Lipinski definition) is 1. The molecule has 0 saturated carbocycles. The van der Waals surface area contributed by atoms with Crippen LogP contribution in [0.25, 0.3) is 0 Å². The highest BCUT2D eigenvalue weighted by atomic mass is 28.4. The van der Waals surface area contributed by atoms with Gasteiger partial charge < -0.3 is 4.43 Å². The van der Waals surface area contributed by atoms with Gasteiger partial charge in [0.25, 0.3) is 0 Å². The first kappa shape index (κ1) is 21.2. The van der Waals surface area contributed by atoms with Gasteiger partial charge in [0, 0.05) is 6.61 Å². The molecule has 0 radical (unpaired) electrons. The molecule has 0 aliphatic heterocycles. The van der Waals surface area contributed by atoms with Crippen molar-refractivity contribution in [3.05, 3.63) is 0 Å². The quantitative estimate of drug-likeness (QED) is 0.230. The average molecular weight is 315 g/mol. The average Bonchev–Trinajstić information content (AvgIpc) is 2.39. The maximum absolute atomic E-state index is 5.87. The van der Waals surface area contributed by atoms with E-state index in [2.05, 4.69) is 33.9 Å². The van der Waals surface area contributed by atoms with E-state index in [1.807, 2.05) is 0 Å². The Balaban J connectivity index is 3.16. The molecule has 0 aromatic carbocycles. The van der Waals surface area contributed by atoms with Crippen LogP contribution in [0.1, 0.15) is 91.4 Å². The Bertz CT molecular complexity index is 214. The van der Waals surface area contributed by atoms with Crippen LogP contribution in [0.2, 0.25) is 19.1 Å². The molecule has 0 saturated heterocycles. The van der Waals surface area contributed by atoms with Crippen LogP contribution >= 0.6 is 0 Å². The fourth-order valence-corrected chi connectivity index (χ4v) is 5.01. The van der Waals surface area contributed by atoms with Gasteiger partial charge in [-0.3, -0.25) is 0 Å². The van der Waals surface area contributed by atoms with Crippen molar-refractivity contribution in [3.63, 3.8) is 0 Å². The third kappa shape index (κ3) is 16.4. The zero-order valence-electron chi connectivity index (χ0n) is 15.7. The van der Waals surface area contributed by atoms with E-state index in [-0.39, 0.29) is 0 Å². The molecule has 0 aliphatic rings. The summed E-state index contributed by atoms with van der Waals surface area (Å²) in [6.45, 7) is 12.4. The van der Waals surface area contributed by atoms with E-state index in [4.69, 9.17) is 4.43 Å². The van der Waals surface area contributed by atoms with E-state index in [9.17, 15) is 0 Å². The van der Waals surface area contributed by atoms with Crippen LogP contribution in [0.15, 0.2) is 0 Å². The second-order valence-electron chi connectivity index (χ2n) is 7.66. The summed E-state index contributed by atoms with van der Waals surface area (Å²) in [6.07, 6.45) is 15.8. The Hall–Kier alpha value is 0.177. The van der Waals surface area contributed by atoms with Gasteiger partial charge in [-0.2, -0.15) is 0 Å². The van der Waals surface area contributed by atoms with Gasteiger partial charge in [-0.1, -0.05) is 84.5 Å². The molecule has 0 N–H and O–H groups in total. The summed E-state index contributed by atoms with van der Waals surface area (Å²) >= 11 is 0. The van der Waals surface area contributed by atoms with E-state index in [1.54, 1.807) is 0 Å². The molecule has 0 aliphatic carbocycles. The van der Waals surface area contributed by atoms with Crippen LogP contribution in [0.5, 0.6) is 0 Å². The summed E-state index contributed by atoms with van der Waals surface area (Å²) in [4.78, 5) is 0. The predicted molar refractivity (Wildman–Crippen MR) is 99.5 cm³/mol. The van der Waals surface area contributed by atoms with E-state index in [0.29, 0.717) is 0 Å². The fraction of sp³-hybridized carbons (Fsp3) is 1.00. The zero-order valence-corrected chi connectivity index (χ0v) is 16.7. The Morgan fingerprint density at radius 3 is 1.57 bits per heavy atom. The summed E-state index contributed by atoms with van der Waals surface area (Å²) in [5.74, 6) is 0.890. The molecule has 0 fully saturated rings. The van der Waals surface area contributed by atoms with Gasteiger partial charge in [-0.25, -0.2) is 0 Å². The summed E-state index contributed by atoms with van der Waals surface area (Å²) in [5, 5.41) is 0. The van der Waals surface area contributed by atoms with E-state index < -0.39 is 8.32 Å². The maximum atomic E-state index is 5.87. The zero-order chi connectivity index (χ0) is 16.0. The molecule has 0 spiro atoms. The number of rotatable bonds is 15. The van der Waals surface area contributed by atoms with Crippen molar-refractivity contribution in [2.24, 2.45) is 5.92 Å². The highest BCUT2D eigenvalue weighted by molar-refractivity contribution is 6.71. The van der Waals surface area contributed by atoms with Crippen LogP contribution in [0.3, 0.4) is 0 Å². The van der Waals surface area contributed by atoms with Crippen molar-refractivity contribution >= 4 is 8.32 Å². The fourth-order valence-electron chi connectivity index (χ4n) is 2.98. The molecule has 0 amide bonds. The predicted octanol–water partition coefficient (Wildman–Crippen LogP) is 7.18. The smallest absolute Gasteiger partial charge is 0.186 e. The monoisotopic (exact) mass is 314 g/mol. The minimum absolute atomic E-state index is 0.890. The van der Waals surface area contributed by atoms with E-state index >= 15 is 0 Å². The summed E-state index contributed by atoms with van der Waals surface area (Å²) in [7, 11) is -1.31. The standard InChI is InChI=1S/C19H42OSi/c1-6-20-21(4,5)18-16-14-12-10-8-7-9-11-13-15-17-19(2)3/h19H,6-18H2,1-5H3. The summed E-state index contributed by atoms with van der Waals surface area (Å²) in [5.41, 5.74) is 0. The summed E-state index contributed by atoms with van der Waals surface area (Å²) < 4.78 is 5.87. The maximum Gasteiger partial charge on any atom is 0.186 e. The first-order valence-electron chi connectivity index (χ1n) is 9.62. The third-order valence-electron chi connectivity index (χ3n) is 4.35. The number of hydrogen-bond donors (Lipinski definition) is 0. The molecule has 21 heavy (non-hydrogen) atoms. The molecule has 1 nitrogen and oxygen atoms in total. The van der Waals surface area contributed by atoms with Gasteiger partial charge in [-0.05, 0) is 32.0 Å². The van der Waals surface area contributed by atoms with Crippen LogP contribution < -0.4 is 0 Å². The molecule has 0 heterocycles. The van der Waals surface area contributed by atoms with Crippen molar-refractivity contribution in [2.45, 2.75) is 111 Å².